The fraction of sp³-hybridized carbons (Fsp3) is 1.00. The van der Waals surface area contributed by atoms with Gasteiger partial charge < -0.3 is 15.5 Å². The zero-order valence-corrected chi connectivity index (χ0v) is 10.6. The Labute approximate surface area is 94.6 Å². The monoisotopic (exact) mass is 213 g/mol. The Balaban J connectivity index is 1.96. The molecule has 1 unspecified atom stereocenters. The summed E-state index contributed by atoms with van der Waals surface area (Å²) in [5, 5.41) is 7.06. The van der Waals surface area contributed by atoms with Gasteiger partial charge in [-0.2, -0.15) is 0 Å². The van der Waals surface area contributed by atoms with Crippen LogP contribution in [0.3, 0.4) is 0 Å². The Kier molecular flexibility index (Phi) is 6.22. The molecule has 15 heavy (non-hydrogen) atoms. The van der Waals surface area contributed by atoms with Gasteiger partial charge in [-0.15, -0.1) is 0 Å². The van der Waals surface area contributed by atoms with Crippen LogP contribution in [0.5, 0.6) is 0 Å². The van der Waals surface area contributed by atoms with Crippen molar-refractivity contribution in [1.29, 1.82) is 0 Å². The van der Waals surface area contributed by atoms with Gasteiger partial charge in [0.15, 0.2) is 0 Å². The molecule has 1 fully saturated rings. The molecule has 0 amide bonds. The number of hydrogen-bond acceptors (Lipinski definition) is 3. The van der Waals surface area contributed by atoms with Crippen LogP contribution in [0.25, 0.3) is 0 Å². The molecule has 1 atom stereocenters. The van der Waals surface area contributed by atoms with Crippen molar-refractivity contribution in [2.75, 3.05) is 33.2 Å². The minimum absolute atomic E-state index is 0.668. The molecule has 1 heterocycles. The van der Waals surface area contributed by atoms with E-state index in [2.05, 4.69) is 36.4 Å². The van der Waals surface area contributed by atoms with Crippen LogP contribution in [0.2, 0.25) is 0 Å². The van der Waals surface area contributed by atoms with E-state index in [1.165, 1.54) is 32.4 Å². The summed E-state index contributed by atoms with van der Waals surface area (Å²) in [6.07, 6.45) is 3.92. The molecule has 1 rings (SSSR count). The van der Waals surface area contributed by atoms with E-state index in [1.807, 2.05) is 0 Å². The Bertz CT molecular complexity index is 153. The average molecular weight is 213 g/mol. The van der Waals surface area contributed by atoms with Crippen molar-refractivity contribution in [3.05, 3.63) is 0 Å². The lowest BCUT2D eigenvalue weighted by Crippen LogP contribution is -2.43. The Morgan fingerprint density at radius 2 is 2.27 bits per heavy atom. The van der Waals surface area contributed by atoms with Crippen molar-refractivity contribution in [2.24, 2.45) is 0 Å². The van der Waals surface area contributed by atoms with E-state index < -0.39 is 0 Å². The number of piperidine rings is 1. The zero-order valence-electron chi connectivity index (χ0n) is 10.6. The molecule has 0 bridgehead atoms. The zero-order chi connectivity index (χ0) is 11.1. The molecule has 1 aliphatic rings. The molecule has 0 radical (unpaired) electrons. The maximum atomic E-state index is 3.63. The molecule has 2 N–H and O–H groups in total. The highest BCUT2D eigenvalue weighted by molar-refractivity contribution is 4.74. The van der Waals surface area contributed by atoms with E-state index in [-0.39, 0.29) is 0 Å². The van der Waals surface area contributed by atoms with Crippen LogP contribution in [-0.2, 0) is 0 Å². The lowest BCUT2D eigenvalue weighted by Gasteiger charge is -2.25. The second kappa shape index (κ2) is 7.20. The predicted octanol–water partition coefficient (Wildman–Crippen LogP) is 1.06. The van der Waals surface area contributed by atoms with Crippen molar-refractivity contribution in [2.45, 2.75) is 45.2 Å². The van der Waals surface area contributed by atoms with Crippen molar-refractivity contribution in [3.8, 4) is 0 Å². The van der Waals surface area contributed by atoms with Crippen LogP contribution in [-0.4, -0.2) is 50.2 Å². The third kappa shape index (κ3) is 5.50. The van der Waals surface area contributed by atoms with Crippen molar-refractivity contribution >= 4 is 0 Å². The molecular weight excluding hydrogens is 186 g/mol. The minimum Gasteiger partial charge on any atom is -0.315 e. The van der Waals surface area contributed by atoms with Gasteiger partial charge in [-0.3, -0.25) is 0 Å². The molecule has 0 saturated carbocycles. The number of rotatable bonds is 6. The summed E-state index contributed by atoms with van der Waals surface area (Å²) < 4.78 is 0. The fourth-order valence-corrected chi connectivity index (χ4v) is 1.92. The molecular formula is C12H27N3. The van der Waals surface area contributed by atoms with Crippen LogP contribution in [0.4, 0.5) is 0 Å². The molecule has 0 aromatic carbocycles. The molecule has 3 heteroatoms. The molecule has 1 aliphatic heterocycles. The second-order valence-corrected chi connectivity index (χ2v) is 4.93. The van der Waals surface area contributed by atoms with Gasteiger partial charge in [-0.25, -0.2) is 0 Å². The third-order valence-electron chi connectivity index (χ3n) is 3.30. The van der Waals surface area contributed by atoms with E-state index in [9.17, 15) is 0 Å². The number of nitrogens with zero attached hydrogens (tertiary/aromatic N) is 1. The summed E-state index contributed by atoms with van der Waals surface area (Å²) in [5.41, 5.74) is 0. The highest BCUT2D eigenvalue weighted by atomic mass is 15.1. The average Bonchev–Trinajstić information content (AvgIpc) is 2.25. The summed E-state index contributed by atoms with van der Waals surface area (Å²) in [6, 6.07) is 1.38. The van der Waals surface area contributed by atoms with Gasteiger partial charge in [0.05, 0.1) is 0 Å². The van der Waals surface area contributed by atoms with Gasteiger partial charge in [-0.1, -0.05) is 0 Å². The highest BCUT2D eigenvalue weighted by Gasteiger charge is 2.11. The largest absolute Gasteiger partial charge is 0.315 e. The van der Waals surface area contributed by atoms with Crippen molar-refractivity contribution in [1.82, 2.24) is 15.5 Å². The van der Waals surface area contributed by atoms with Gasteiger partial charge in [0.2, 0.25) is 0 Å². The Morgan fingerprint density at radius 1 is 1.47 bits per heavy atom. The van der Waals surface area contributed by atoms with Crippen LogP contribution in [0.1, 0.15) is 33.1 Å². The summed E-state index contributed by atoms with van der Waals surface area (Å²) in [4.78, 5) is 2.40. The van der Waals surface area contributed by atoms with Crippen LogP contribution in [0, 0.1) is 0 Å². The van der Waals surface area contributed by atoms with Crippen LogP contribution in [0.15, 0.2) is 0 Å². The molecule has 0 aromatic heterocycles. The second-order valence-electron chi connectivity index (χ2n) is 4.93. The first kappa shape index (κ1) is 12.9. The maximum Gasteiger partial charge on any atom is 0.0192 e. The quantitative estimate of drug-likeness (QED) is 0.646. The van der Waals surface area contributed by atoms with E-state index in [4.69, 9.17) is 0 Å². The normalized spacial score (nSPS) is 22.6. The Morgan fingerprint density at radius 3 is 2.87 bits per heavy atom. The van der Waals surface area contributed by atoms with Gasteiger partial charge in [0, 0.05) is 18.6 Å². The van der Waals surface area contributed by atoms with E-state index >= 15 is 0 Å². The summed E-state index contributed by atoms with van der Waals surface area (Å²) >= 11 is 0. The van der Waals surface area contributed by atoms with Gasteiger partial charge in [-0.05, 0) is 59.8 Å². The first-order valence-electron chi connectivity index (χ1n) is 6.34. The van der Waals surface area contributed by atoms with Gasteiger partial charge in [0.1, 0.15) is 0 Å². The van der Waals surface area contributed by atoms with Gasteiger partial charge in [0.25, 0.3) is 0 Å². The first-order valence-corrected chi connectivity index (χ1v) is 6.34. The summed E-state index contributed by atoms with van der Waals surface area (Å²) in [5.74, 6) is 0. The lowest BCUT2D eigenvalue weighted by atomic mass is 10.1. The summed E-state index contributed by atoms with van der Waals surface area (Å²) in [6.45, 7) is 9.21. The van der Waals surface area contributed by atoms with Crippen molar-refractivity contribution in [3.63, 3.8) is 0 Å². The first-order chi connectivity index (χ1) is 7.20. The minimum atomic E-state index is 0.668. The molecule has 90 valence electrons. The summed E-state index contributed by atoms with van der Waals surface area (Å²) in [7, 11) is 2.20. The van der Waals surface area contributed by atoms with Crippen LogP contribution < -0.4 is 10.6 Å². The fourth-order valence-electron chi connectivity index (χ4n) is 1.92. The maximum absolute atomic E-state index is 3.63. The van der Waals surface area contributed by atoms with Gasteiger partial charge >= 0.3 is 0 Å². The number of hydrogen-bond donors (Lipinski definition) is 2. The molecule has 0 spiro atoms. The smallest absolute Gasteiger partial charge is 0.0192 e. The molecule has 1 saturated heterocycles. The van der Waals surface area contributed by atoms with E-state index in [0.717, 1.165) is 13.1 Å². The predicted molar refractivity (Wildman–Crippen MR) is 66.3 cm³/mol. The number of nitrogens with one attached hydrogen (secondary N) is 2. The Hall–Kier alpha value is -0.120. The standard InChI is InChI=1S/C12H27N3/c1-11(2)15(3)9-5-8-14-12-6-4-7-13-10-12/h11-14H,4-10H2,1-3H3. The molecule has 0 aromatic rings. The highest BCUT2D eigenvalue weighted by Crippen LogP contribution is 2.01. The lowest BCUT2D eigenvalue weighted by molar-refractivity contribution is 0.265. The topological polar surface area (TPSA) is 27.3 Å². The SMILES string of the molecule is CC(C)N(C)CCCNC1CCCNC1. The van der Waals surface area contributed by atoms with Crippen molar-refractivity contribution < 1.29 is 0 Å². The van der Waals surface area contributed by atoms with E-state index in [0.29, 0.717) is 12.1 Å². The molecule has 3 nitrogen and oxygen atoms in total. The third-order valence-corrected chi connectivity index (χ3v) is 3.30. The molecule has 0 aliphatic carbocycles. The van der Waals surface area contributed by atoms with Crippen LogP contribution >= 0.6 is 0 Å². The van der Waals surface area contributed by atoms with E-state index in [1.54, 1.807) is 0 Å².